The molecule has 1 aromatic heterocycles. The molecule has 0 N–H and O–H groups in total. The zero-order valence-electron chi connectivity index (χ0n) is 8.66. The summed E-state index contributed by atoms with van der Waals surface area (Å²) in [6.07, 6.45) is 1.47. The number of pyridine rings is 1. The van der Waals surface area contributed by atoms with Gasteiger partial charge in [-0.25, -0.2) is 9.37 Å². The lowest BCUT2D eigenvalue weighted by atomic mass is 10.2. The van der Waals surface area contributed by atoms with Crippen molar-refractivity contribution in [1.29, 1.82) is 0 Å². The van der Waals surface area contributed by atoms with Gasteiger partial charge in [-0.2, -0.15) is 0 Å². The molecule has 88 valence electrons. The number of ether oxygens (including phenoxy) is 1. The van der Waals surface area contributed by atoms with Gasteiger partial charge in [0.25, 0.3) is 0 Å². The highest BCUT2D eigenvalue weighted by atomic mass is 35.5. The molecule has 0 aliphatic rings. The maximum Gasteiger partial charge on any atom is 0.138 e. The van der Waals surface area contributed by atoms with Gasteiger partial charge in [0.1, 0.15) is 23.3 Å². The van der Waals surface area contributed by atoms with Crippen LogP contribution in [0, 0.1) is 5.82 Å². The highest BCUT2D eigenvalue weighted by Crippen LogP contribution is 2.21. The molecule has 0 aliphatic carbocycles. The molecular formula is C12H8Cl2FNO. The summed E-state index contributed by atoms with van der Waals surface area (Å²) in [6, 6.07) is 7.75. The third kappa shape index (κ3) is 3.08. The molecule has 0 fully saturated rings. The maximum absolute atomic E-state index is 13.4. The molecule has 2 nitrogen and oxygen atoms in total. The van der Waals surface area contributed by atoms with Gasteiger partial charge >= 0.3 is 0 Å². The van der Waals surface area contributed by atoms with Crippen LogP contribution in [-0.2, 0) is 6.61 Å². The molecule has 0 unspecified atom stereocenters. The third-order valence-electron chi connectivity index (χ3n) is 2.15. The number of halogens is 3. The molecule has 2 rings (SSSR count). The molecular weight excluding hydrogens is 264 g/mol. The lowest BCUT2D eigenvalue weighted by molar-refractivity contribution is 0.299. The van der Waals surface area contributed by atoms with Crippen molar-refractivity contribution in [1.82, 2.24) is 4.98 Å². The second kappa shape index (κ2) is 5.34. The van der Waals surface area contributed by atoms with Gasteiger partial charge in [0.05, 0.1) is 11.2 Å². The minimum atomic E-state index is -0.389. The maximum atomic E-state index is 13.4. The predicted octanol–water partition coefficient (Wildman–Crippen LogP) is 4.11. The Hall–Kier alpha value is -1.32. The molecule has 0 aliphatic heterocycles. The van der Waals surface area contributed by atoms with Crippen LogP contribution in [0.2, 0.25) is 10.2 Å². The van der Waals surface area contributed by atoms with Crippen molar-refractivity contribution < 1.29 is 9.13 Å². The third-order valence-corrected chi connectivity index (χ3v) is 2.72. The fourth-order valence-corrected chi connectivity index (χ4v) is 1.60. The first kappa shape index (κ1) is 12.1. The van der Waals surface area contributed by atoms with Gasteiger partial charge in [-0.1, -0.05) is 29.3 Å². The van der Waals surface area contributed by atoms with Gasteiger partial charge < -0.3 is 4.74 Å². The zero-order chi connectivity index (χ0) is 12.3. The van der Waals surface area contributed by atoms with E-state index in [9.17, 15) is 4.39 Å². The van der Waals surface area contributed by atoms with Crippen LogP contribution in [0.4, 0.5) is 4.39 Å². The molecule has 0 saturated carbocycles. The summed E-state index contributed by atoms with van der Waals surface area (Å²) < 4.78 is 18.8. The lowest BCUT2D eigenvalue weighted by Gasteiger charge is -2.08. The standard InChI is InChI=1S/C12H8Cl2FNO/c13-10-2-1-3-11(15)9(10)7-17-8-4-5-12(14)16-6-8/h1-6H,7H2. The Morgan fingerprint density at radius 1 is 1.18 bits per heavy atom. The minimum absolute atomic E-state index is 0.0504. The monoisotopic (exact) mass is 271 g/mol. The van der Waals surface area contributed by atoms with Crippen LogP contribution in [0.5, 0.6) is 5.75 Å². The molecule has 1 heterocycles. The highest BCUT2D eigenvalue weighted by molar-refractivity contribution is 6.31. The van der Waals surface area contributed by atoms with Crippen LogP contribution >= 0.6 is 23.2 Å². The second-order valence-electron chi connectivity index (χ2n) is 3.31. The van der Waals surface area contributed by atoms with Crippen molar-refractivity contribution >= 4 is 23.2 Å². The Morgan fingerprint density at radius 2 is 2.00 bits per heavy atom. The Bertz CT molecular complexity index is 496. The number of nitrogens with zero attached hydrogens (tertiary/aromatic N) is 1. The van der Waals surface area contributed by atoms with Crippen molar-refractivity contribution in [3.8, 4) is 5.75 Å². The molecule has 17 heavy (non-hydrogen) atoms. The lowest BCUT2D eigenvalue weighted by Crippen LogP contribution is -1.99. The molecule has 0 atom stereocenters. The second-order valence-corrected chi connectivity index (χ2v) is 4.10. The molecule has 0 bridgehead atoms. The van der Waals surface area contributed by atoms with Gasteiger partial charge in [0.2, 0.25) is 0 Å². The molecule has 1 aromatic carbocycles. The van der Waals surface area contributed by atoms with Crippen molar-refractivity contribution in [3.05, 3.63) is 58.1 Å². The number of benzene rings is 1. The van der Waals surface area contributed by atoms with Gasteiger partial charge in [-0.15, -0.1) is 0 Å². The van der Waals surface area contributed by atoms with Crippen molar-refractivity contribution in [2.45, 2.75) is 6.61 Å². The fourth-order valence-electron chi connectivity index (χ4n) is 1.27. The summed E-state index contributed by atoms with van der Waals surface area (Å²) in [6.45, 7) is 0.0504. The normalized spacial score (nSPS) is 10.3. The number of hydrogen-bond acceptors (Lipinski definition) is 2. The van der Waals surface area contributed by atoms with E-state index >= 15 is 0 Å². The molecule has 0 radical (unpaired) electrons. The summed E-state index contributed by atoms with van der Waals surface area (Å²) in [4.78, 5) is 3.85. The number of rotatable bonds is 3. The Morgan fingerprint density at radius 3 is 2.65 bits per heavy atom. The van der Waals surface area contributed by atoms with Crippen LogP contribution in [0.25, 0.3) is 0 Å². The highest BCUT2D eigenvalue weighted by Gasteiger charge is 2.07. The summed E-state index contributed by atoms with van der Waals surface area (Å²) in [5.74, 6) is 0.119. The Balaban J connectivity index is 2.10. The predicted molar refractivity (Wildman–Crippen MR) is 65.0 cm³/mol. The van der Waals surface area contributed by atoms with Gasteiger partial charge in [-0.3, -0.25) is 0 Å². The van der Waals surface area contributed by atoms with Crippen LogP contribution in [0.1, 0.15) is 5.56 Å². The summed E-state index contributed by atoms with van der Waals surface area (Å²) in [5, 5.41) is 0.716. The minimum Gasteiger partial charge on any atom is -0.487 e. The smallest absolute Gasteiger partial charge is 0.138 e. The van der Waals surface area contributed by atoms with E-state index in [4.69, 9.17) is 27.9 Å². The van der Waals surface area contributed by atoms with E-state index in [1.807, 2.05) is 0 Å². The van der Waals surface area contributed by atoms with Crippen LogP contribution in [0.15, 0.2) is 36.5 Å². The van der Waals surface area contributed by atoms with Crippen LogP contribution < -0.4 is 4.74 Å². The molecule has 2 aromatic rings. The van der Waals surface area contributed by atoms with Crippen LogP contribution in [0.3, 0.4) is 0 Å². The summed E-state index contributed by atoms with van der Waals surface area (Å²) in [7, 11) is 0. The first-order valence-corrected chi connectivity index (χ1v) is 5.59. The molecule has 0 saturated heterocycles. The van der Waals surface area contributed by atoms with E-state index < -0.39 is 0 Å². The number of hydrogen-bond donors (Lipinski definition) is 0. The topological polar surface area (TPSA) is 22.1 Å². The van der Waals surface area contributed by atoms with Gasteiger partial charge in [-0.05, 0) is 24.3 Å². The van der Waals surface area contributed by atoms with E-state index in [2.05, 4.69) is 4.98 Å². The van der Waals surface area contributed by atoms with E-state index in [0.717, 1.165) is 0 Å². The summed E-state index contributed by atoms with van der Waals surface area (Å²) in [5.41, 5.74) is 0.323. The van der Waals surface area contributed by atoms with Gasteiger partial charge in [0, 0.05) is 5.56 Å². The average molecular weight is 272 g/mol. The van der Waals surface area contributed by atoms with Crippen LogP contribution in [-0.4, -0.2) is 4.98 Å². The first-order chi connectivity index (χ1) is 8.16. The average Bonchev–Trinajstić information content (AvgIpc) is 2.31. The SMILES string of the molecule is Fc1cccc(Cl)c1COc1ccc(Cl)nc1. The Labute approximate surface area is 108 Å². The molecule has 5 heteroatoms. The van der Waals surface area contributed by atoms with Crippen molar-refractivity contribution in [2.75, 3.05) is 0 Å². The molecule has 0 spiro atoms. The largest absolute Gasteiger partial charge is 0.487 e. The van der Waals surface area contributed by atoms with Crippen molar-refractivity contribution in [3.63, 3.8) is 0 Å². The zero-order valence-corrected chi connectivity index (χ0v) is 10.2. The van der Waals surface area contributed by atoms with E-state index in [-0.39, 0.29) is 12.4 Å². The summed E-state index contributed by atoms with van der Waals surface area (Å²) >= 11 is 11.5. The fraction of sp³-hybridized carbons (Fsp3) is 0.0833. The molecule has 0 amide bonds. The van der Waals surface area contributed by atoms with E-state index in [1.165, 1.54) is 12.3 Å². The van der Waals surface area contributed by atoms with Crippen molar-refractivity contribution in [2.24, 2.45) is 0 Å². The van der Waals surface area contributed by atoms with E-state index in [0.29, 0.717) is 21.5 Å². The van der Waals surface area contributed by atoms with Gasteiger partial charge in [0.15, 0.2) is 0 Å². The number of aromatic nitrogens is 1. The van der Waals surface area contributed by atoms with E-state index in [1.54, 1.807) is 24.3 Å². The Kier molecular flexibility index (Phi) is 3.82. The first-order valence-electron chi connectivity index (χ1n) is 4.84. The quantitative estimate of drug-likeness (QED) is 0.784.